The lowest BCUT2D eigenvalue weighted by atomic mass is 9.63. The normalized spacial score (nSPS) is 24.0. The highest BCUT2D eigenvalue weighted by molar-refractivity contribution is 5.91. The van der Waals surface area contributed by atoms with Gasteiger partial charge in [0, 0.05) is 42.9 Å². The first kappa shape index (κ1) is 35.1. The molecule has 0 spiro atoms. The number of hydrogen-bond acceptors (Lipinski definition) is 10. The van der Waals surface area contributed by atoms with E-state index in [0.717, 1.165) is 37.2 Å². The van der Waals surface area contributed by atoms with Gasteiger partial charge in [-0.3, -0.25) is 9.69 Å². The average molecular weight is 687 g/mol. The first-order valence-corrected chi connectivity index (χ1v) is 16.9. The smallest absolute Gasteiger partial charge is 0.338 e. The number of methoxy groups -OCH3 is 6. The molecule has 50 heavy (non-hydrogen) atoms. The number of fused-ring (bicyclic) bond motifs is 6. The molecule has 1 N–H and O–H groups in total. The molecule has 266 valence electrons. The highest BCUT2D eigenvalue weighted by Gasteiger charge is 2.54. The van der Waals surface area contributed by atoms with Crippen LogP contribution in [0.2, 0.25) is 0 Å². The van der Waals surface area contributed by atoms with Crippen LogP contribution in [0.5, 0.6) is 23.0 Å². The quantitative estimate of drug-likeness (QED) is 0.226. The molecule has 3 heterocycles. The van der Waals surface area contributed by atoms with Crippen LogP contribution in [0.1, 0.15) is 40.5 Å². The third-order valence-electron chi connectivity index (χ3n) is 10.4. The van der Waals surface area contributed by atoms with Gasteiger partial charge in [0.15, 0.2) is 11.5 Å². The van der Waals surface area contributed by atoms with Crippen molar-refractivity contribution in [1.82, 2.24) is 9.88 Å². The van der Waals surface area contributed by atoms with Gasteiger partial charge in [0.1, 0.15) is 18.0 Å². The molecule has 2 aliphatic heterocycles. The minimum Gasteiger partial charge on any atom is -0.497 e. The summed E-state index contributed by atoms with van der Waals surface area (Å²) in [6.45, 7) is 1.68. The van der Waals surface area contributed by atoms with E-state index in [-0.39, 0.29) is 29.4 Å². The Morgan fingerprint density at radius 1 is 0.820 bits per heavy atom. The maximum atomic E-state index is 13.5. The molecule has 3 aromatic carbocycles. The Hall–Kier alpha value is -4.74. The van der Waals surface area contributed by atoms with E-state index in [1.54, 1.807) is 26.4 Å². The third kappa shape index (κ3) is 6.72. The number of benzene rings is 3. The van der Waals surface area contributed by atoms with E-state index in [4.69, 9.17) is 33.2 Å². The molecule has 0 unspecified atom stereocenters. The lowest BCUT2D eigenvalue weighted by molar-refractivity contribution is -0.176. The molecular weight excluding hydrogens is 640 g/mol. The molecule has 0 amide bonds. The van der Waals surface area contributed by atoms with Crippen LogP contribution in [0.15, 0.2) is 66.7 Å². The van der Waals surface area contributed by atoms with Gasteiger partial charge in [-0.2, -0.15) is 0 Å². The second kappa shape index (κ2) is 15.4. The third-order valence-corrected chi connectivity index (χ3v) is 10.4. The van der Waals surface area contributed by atoms with Crippen molar-refractivity contribution in [3.05, 3.63) is 83.6 Å². The molecule has 6 atom stereocenters. The number of H-pyrrole nitrogens is 1. The van der Waals surface area contributed by atoms with E-state index in [0.29, 0.717) is 23.7 Å². The van der Waals surface area contributed by atoms with Crippen molar-refractivity contribution >= 4 is 22.8 Å². The Kier molecular flexibility index (Phi) is 10.8. The summed E-state index contributed by atoms with van der Waals surface area (Å²) in [6.07, 6.45) is 0.920. The molecule has 4 aromatic rings. The summed E-state index contributed by atoms with van der Waals surface area (Å²) in [4.78, 5) is 33.1. The number of ether oxygens (including phenoxy) is 7. The number of aromatic nitrogens is 1. The number of carbonyl (C=O) groups is 2. The lowest BCUT2D eigenvalue weighted by Gasteiger charge is -2.52. The van der Waals surface area contributed by atoms with Crippen LogP contribution in [-0.2, 0) is 25.4 Å². The number of nitrogens with one attached hydrogen (secondary N) is 1. The van der Waals surface area contributed by atoms with Gasteiger partial charge in [0.05, 0.1) is 53.1 Å². The second-order valence-electron chi connectivity index (χ2n) is 12.8. The molecule has 11 nitrogen and oxygen atoms in total. The van der Waals surface area contributed by atoms with Crippen LogP contribution in [-0.4, -0.2) is 89.8 Å². The van der Waals surface area contributed by atoms with Crippen molar-refractivity contribution in [2.24, 2.45) is 17.8 Å². The van der Waals surface area contributed by atoms with Crippen molar-refractivity contribution in [3.8, 4) is 23.0 Å². The monoisotopic (exact) mass is 686 g/mol. The van der Waals surface area contributed by atoms with Gasteiger partial charge >= 0.3 is 11.9 Å². The number of hydrogen-bond donors (Lipinski definition) is 1. The van der Waals surface area contributed by atoms with E-state index >= 15 is 0 Å². The summed E-state index contributed by atoms with van der Waals surface area (Å²) in [5.41, 5.74) is 3.83. The van der Waals surface area contributed by atoms with Crippen molar-refractivity contribution < 1.29 is 42.7 Å². The predicted molar refractivity (Wildman–Crippen MR) is 187 cm³/mol. The highest BCUT2D eigenvalue weighted by atomic mass is 16.6. The largest absolute Gasteiger partial charge is 0.497 e. The van der Waals surface area contributed by atoms with E-state index < -0.39 is 24.1 Å². The Balaban J connectivity index is 0.000000652. The fourth-order valence-corrected chi connectivity index (χ4v) is 8.15. The van der Waals surface area contributed by atoms with Gasteiger partial charge in [0.2, 0.25) is 5.75 Å². The highest BCUT2D eigenvalue weighted by Crippen LogP contribution is 2.51. The summed E-state index contributed by atoms with van der Waals surface area (Å²) in [5, 5.41) is 1.21. The molecule has 7 rings (SSSR count). The molecule has 2 fully saturated rings. The second-order valence-corrected chi connectivity index (χ2v) is 12.8. The molecule has 3 aliphatic rings. The van der Waals surface area contributed by atoms with Crippen LogP contribution in [0.3, 0.4) is 0 Å². The van der Waals surface area contributed by atoms with Crippen LogP contribution < -0.4 is 18.9 Å². The summed E-state index contributed by atoms with van der Waals surface area (Å²) >= 11 is 0. The summed E-state index contributed by atoms with van der Waals surface area (Å²) in [5.74, 6) is 0.441. The number of rotatable bonds is 8. The first-order valence-electron chi connectivity index (χ1n) is 16.9. The Bertz CT molecular complexity index is 1740. The molecule has 0 bridgehead atoms. The molecule has 1 saturated heterocycles. The molecule has 1 aliphatic carbocycles. The molecule has 1 saturated carbocycles. The Morgan fingerprint density at radius 2 is 1.50 bits per heavy atom. The topological polar surface area (TPSA) is 118 Å². The maximum absolute atomic E-state index is 13.5. The van der Waals surface area contributed by atoms with Gasteiger partial charge in [-0.15, -0.1) is 0 Å². The van der Waals surface area contributed by atoms with Crippen molar-refractivity contribution in [2.75, 3.05) is 55.7 Å². The van der Waals surface area contributed by atoms with Gasteiger partial charge in [0.25, 0.3) is 0 Å². The Morgan fingerprint density at radius 3 is 2.08 bits per heavy atom. The zero-order valence-corrected chi connectivity index (χ0v) is 29.5. The fraction of sp³-hybridized carbons (Fsp3) is 0.436. The minimum atomic E-state index is -0.670. The Labute approximate surface area is 292 Å². The van der Waals surface area contributed by atoms with Gasteiger partial charge in [-0.1, -0.05) is 36.4 Å². The number of piperidine rings is 1. The van der Waals surface area contributed by atoms with E-state index in [2.05, 4.69) is 16.0 Å². The lowest BCUT2D eigenvalue weighted by Crippen LogP contribution is -2.58. The van der Waals surface area contributed by atoms with E-state index in [1.165, 1.54) is 45.1 Å². The van der Waals surface area contributed by atoms with Crippen LogP contribution in [0.4, 0.5) is 0 Å². The van der Waals surface area contributed by atoms with E-state index in [9.17, 15) is 9.59 Å². The number of nitrogens with zero attached hydrogens (tertiary/aromatic N) is 1. The minimum absolute atomic E-state index is 0.0170. The average Bonchev–Trinajstić information content (AvgIpc) is 3.54. The van der Waals surface area contributed by atoms with Crippen LogP contribution in [0.25, 0.3) is 10.9 Å². The fourth-order valence-electron chi connectivity index (χ4n) is 8.15. The van der Waals surface area contributed by atoms with Crippen LogP contribution in [0, 0.1) is 17.8 Å². The molecular formula is C39H46N2O9. The van der Waals surface area contributed by atoms with Crippen molar-refractivity contribution in [2.45, 2.75) is 37.5 Å². The maximum Gasteiger partial charge on any atom is 0.338 e. The first-order chi connectivity index (χ1) is 24.3. The zero-order chi connectivity index (χ0) is 35.4. The predicted octanol–water partition coefficient (Wildman–Crippen LogP) is 5.86. The molecule has 1 aromatic heterocycles. The SMILES string of the molecule is COC(=O)[C@H]1[C@H]2C[C@@H]3c4[nH]c5cc(OC)ccc5c4CCN3C[C@H]2C[C@@H](OC(=O)c2cc(OC)c(OC)c(OC)c2)[C@@H]1OC.c1ccccc1. The summed E-state index contributed by atoms with van der Waals surface area (Å²) in [7, 11) is 9.10. The zero-order valence-electron chi connectivity index (χ0n) is 29.5. The number of aromatic amines is 1. The van der Waals surface area contributed by atoms with Gasteiger partial charge in [-0.25, -0.2) is 4.79 Å². The number of carbonyl (C=O) groups excluding carboxylic acids is 2. The van der Waals surface area contributed by atoms with Crippen LogP contribution >= 0.6 is 0 Å². The summed E-state index contributed by atoms with van der Waals surface area (Å²) in [6, 6.07) is 21.4. The summed E-state index contributed by atoms with van der Waals surface area (Å²) < 4.78 is 39.1. The number of esters is 2. The molecule has 0 radical (unpaired) electrons. The van der Waals surface area contributed by atoms with E-state index in [1.807, 2.05) is 48.5 Å². The molecule has 11 heteroatoms. The standard InChI is InChI=1S/C33H40N2O9.C6H6/c1-38-19-7-8-20-21-9-10-35-16-18-13-27(44-32(36)17-11-25(39-2)30(41-4)26(12-17)40-3)31(42-5)28(33(37)43-6)22(18)15-24(35)29(21)34-23(20)14-19;1-2-4-6-5-3-1/h7-8,11-12,14,18,22,24,27-28,31,34H,9-10,13,15-16H2,1-6H3;1-6H/t18-,22+,24-,27-,28+,31+;/m1./s1. The van der Waals surface area contributed by atoms with Crippen molar-refractivity contribution in [3.63, 3.8) is 0 Å². The van der Waals surface area contributed by atoms with Gasteiger partial charge in [-0.05, 0) is 60.9 Å². The van der Waals surface area contributed by atoms with Gasteiger partial charge < -0.3 is 38.1 Å². The van der Waals surface area contributed by atoms with Crippen molar-refractivity contribution in [1.29, 1.82) is 0 Å².